The summed E-state index contributed by atoms with van der Waals surface area (Å²) in [4.78, 5) is 0. The number of ether oxygens (including phenoxy) is 1. The lowest BCUT2D eigenvalue weighted by Crippen LogP contribution is -2.59. The largest absolute Gasteiger partial charge is 0.497 e. The van der Waals surface area contributed by atoms with Crippen molar-refractivity contribution in [3.63, 3.8) is 0 Å². The Morgan fingerprint density at radius 1 is 1.30 bits per heavy atom. The van der Waals surface area contributed by atoms with Crippen molar-refractivity contribution in [3.05, 3.63) is 29.8 Å². The fourth-order valence-corrected chi connectivity index (χ4v) is 4.29. The number of piperidine rings is 1. The van der Waals surface area contributed by atoms with Gasteiger partial charge in [-0.1, -0.05) is 26.0 Å². The smallest absolute Gasteiger partial charge is 0.119 e. The van der Waals surface area contributed by atoms with Crippen LogP contribution in [0.4, 0.5) is 0 Å². The third-order valence-corrected chi connectivity index (χ3v) is 5.95. The van der Waals surface area contributed by atoms with Crippen LogP contribution in [0, 0.1) is 17.8 Å². The van der Waals surface area contributed by atoms with Gasteiger partial charge >= 0.3 is 0 Å². The molecule has 110 valence electrons. The molecule has 2 fully saturated rings. The quantitative estimate of drug-likeness (QED) is 0.884. The van der Waals surface area contributed by atoms with Crippen LogP contribution in [0.15, 0.2) is 24.3 Å². The van der Waals surface area contributed by atoms with E-state index < -0.39 is 0 Å². The second-order valence-electron chi connectivity index (χ2n) is 7.16. The maximum atomic E-state index is 5.41. The van der Waals surface area contributed by atoms with Crippen molar-refractivity contribution in [1.29, 1.82) is 0 Å². The summed E-state index contributed by atoms with van der Waals surface area (Å²) in [5, 5.41) is 3.80. The standard InChI is InChI=1S/C18H27NO/c1-12-11-19-18(3)10-17(12)16(8-13(18)2)14-6-5-7-15(9-14)20-4/h5-7,9,12-13,16-17,19H,8,10-11H2,1-4H3. The Kier molecular flexibility index (Phi) is 3.53. The van der Waals surface area contributed by atoms with E-state index in [4.69, 9.17) is 4.74 Å². The van der Waals surface area contributed by atoms with E-state index in [1.54, 1.807) is 7.11 Å². The van der Waals surface area contributed by atoms with Crippen molar-refractivity contribution in [2.75, 3.05) is 13.7 Å². The number of fused-ring (bicyclic) bond motifs is 2. The predicted octanol–water partition coefficient (Wildman–Crippen LogP) is 3.82. The van der Waals surface area contributed by atoms with E-state index in [0.717, 1.165) is 30.0 Å². The average molecular weight is 273 g/mol. The Balaban J connectivity index is 1.92. The van der Waals surface area contributed by atoms with E-state index in [2.05, 4.69) is 44.3 Å². The minimum Gasteiger partial charge on any atom is -0.497 e. The summed E-state index contributed by atoms with van der Waals surface area (Å²) in [6.45, 7) is 8.39. The van der Waals surface area contributed by atoms with Gasteiger partial charge in [0.25, 0.3) is 0 Å². The zero-order valence-corrected chi connectivity index (χ0v) is 13.1. The molecule has 0 aromatic heterocycles. The molecule has 1 aliphatic heterocycles. The lowest BCUT2D eigenvalue weighted by molar-refractivity contribution is 0.0369. The molecule has 1 aromatic rings. The molecule has 1 heterocycles. The van der Waals surface area contributed by atoms with Gasteiger partial charge in [-0.05, 0) is 67.7 Å². The topological polar surface area (TPSA) is 21.3 Å². The molecule has 1 aliphatic carbocycles. The fourth-order valence-electron chi connectivity index (χ4n) is 4.29. The molecule has 2 heteroatoms. The van der Waals surface area contributed by atoms with E-state index in [1.165, 1.54) is 18.4 Å². The minimum atomic E-state index is 0.340. The third kappa shape index (κ3) is 2.24. The second kappa shape index (κ2) is 5.07. The Hall–Kier alpha value is -1.02. The molecule has 5 unspecified atom stereocenters. The number of nitrogens with one attached hydrogen (secondary N) is 1. The minimum absolute atomic E-state index is 0.340. The van der Waals surface area contributed by atoms with Crippen molar-refractivity contribution in [1.82, 2.24) is 5.32 Å². The number of hydrogen-bond acceptors (Lipinski definition) is 2. The second-order valence-corrected chi connectivity index (χ2v) is 7.16. The van der Waals surface area contributed by atoms with Gasteiger partial charge in [-0.25, -0.2) is 0 Å². The van der Waals surface area contributed by atoms with Gasteiger partial charge in [0.05, 0.1) is 7.11 Å². The first kappa shape index (κ1) is 13.9. The number of methoxy groups -OCH3 is 1. The molecule has 0 amide bonds. The lowest BCUT2D eigenvalue weighted by Gasteiger charge is -2.54. The van der Waals surface area contributed by atoms with Gasteiger partial charge in [0, 0.05) is 5.54 Å². The van der Waals surface area contributed by atoms with E-state index in [0.29, 0.717) is 11.5 Å². The first-order valence-electron chi connectivity index (χ1n) is 7.92. The number of benzene rings is 1. The number of hydrogen-bond donors (Lipinski definition) is 1. The molecular weight excluding hydrogens is 246 g/mol. The average Bonchev–Trinajstić information content (AvgIpc) is 2.47. The van der Waals surface area contributed by atoms with Crippen LogP contribution < -0.4 is 10.1 Å². The zero-order valence-electron chi connectivity index (χ0n) is 13.1. The summed E-state index contributed by atoms with van der Waals surface area (Å²) >= 11 is 0. The van der Waals surface area contributed by atoms with Crippen LogP contribution in [0.2, 0.25) is 0 Å². The molecular formula is C18H27NO. The molecule has 1 saturated carbocycles. The van der Waals surface area contributed by atoms with Crippen molar-refractivity contribution < 1.29 is 4.74 Å². The number of rotatable bonds is 2. The van der Waals surface area contributed by atoms with E-state index in [9.17, 15) is 0 Å². The van der Waals surface area contributed by atoms with Crippen molar-refractivity contribution in [2.24, 2.45) is 17.8 Å². The van der Waals surface area contributed by atoms with Crippen LogP contribution >= 0.6 is 0 Å². The first-order chi connectivity index (χ1) is 9.53. The van der Waals surface area contributed by atoms with E-state index in [1.807, 2.05) is 6.07 Å². The molecule has 1 N–H and O–H groups in total. The predicted molar refractivity (Wildman–Crippen MR) is 83.2 cm³/mol. The normalized spacial score (nSPS) is 40.4. The fraction of sp³-hybridized carbons (Fsp3) is 0.667. The highest BCUT2D eigenvalue weighted by Gasteiger charge is 2.47. The van der Waals surface area contributed by atoms with Crippen LogP contribution in [0.5, 0.6) is 5.75 Å². The van der Waals surface area contributed by atoms with Crippen LogP contribution in [0.25, 0.3) is 0 Å². The highest BCUT2D eigenvalue weighted by atomic mass is 16.5. The Morgan fingerprint density at radius 2 is 2.10 bits per heavy atom. The van der Waals surface area contributed by atoms with Gasteiger partial charge in [0.2, 0.25) is 0 Å². The van der Waals surface area contributed by atoms with Crippen LogP contribution in [-0.2, 0) is 0 Å². The molecule has 2 nitrogen and oxygen atoms in total. The molecule has 0 spiro atoms. The van der Waals surface area contributed by atoms with Gasteiger partial charge in [0.1, 0.15) is 5.75 Å². The van der Waals surface area contributed by atoms with Crippen molar-refractivity contribution in [3.8, 4) is 5.75 Å². The third-order valence-electron chi connectivity index (χ3n) is 5.95. The van der Waals surface area contributed by atoms with Gasteiger partial charge in [-0.3, -0.25) is 0 Å². The zero-order chi connectivity index (χ0) is 14.3. The van der Waals surface area contributed by atoms with Crippen LogP contribution in [0.3, 0.4) is 0 Å². The van der Waals surface area contributed by atoms with Gasteiger partial charge in [-0.15, -0.1) is 0 Å². The summed E-state index contributed by atoms with van der Waals surface area (Å²) in [5.74, 6) is 3.95. The Labute approximate surface area is 122 Å². The molecule has 2 aliphatic rings. The molecule has 0 radical (unpaired) electrons. The van der Waals surface area contributed by atoms with Gasteiger partial charge in [0.15, 0.2) is 0 Å². The molecule has 2 bridgehead atoms. The molecule has 5 atom stereocenters. The highest BCUT2D eigenvalue weighted by molar-refractivity contribution is 5.32. The summed E-state index contributed by atoms with van der Waals surface area (Å²) < 4.78 is 5.41. The Morgan fingerprint density at radius 3 is 2.85 bits per heavy atom. The maximum Gasteiger partial charge on any atom is 0.119 e. The summed E-state index contributed by atoms with van der Waals surface area (Å²) in [5.41, 5.74) is 1.81. The Bertz CT molecular complexity index is 486. The molecule has 3 rings (SSSR count). The highest BCUT2D eigenvalue weighted by Crippen LogP contribution is 2.50. The van der Waals surface area contributed by atoms with Crippen molar-refractivity contribution >= 4 is 0 Å². The van der Waals surface area contributed by atoms with Crippen molar-refractivity contribution in [2.45, 2.75) is 45.1 Å². The SMILES string of the molecule is COc1cccc(C2CC(C)C3(C)CC2C(C)CN3)c1. The first-order valence-corrected chi connectivity index (χ1v) is 7.92. The van der Waals surface area contributed by atoms with Crippen LogP contribution in [0.1, 0.15) is 45.1 Å². The van der Waals surface area contributed by atoms with Gasteiger partial charge < -0.3 is 10.1 Å². The summed E-state index contributed by atoms with van der Waals surface area (Å²) in [6.07, 6.45) is 2.59. The summed E-state index contributed by atoms with van der Waals surface area (Å²) in [7, 11) is 1.76. The maximum absolute atomic E-state index is 5.41. The molecule has 1 saturated heterocycles. The van der Waals surface area contributed by atoms with Crippen LogP contribution in [-0.4, -0.2) is 19.2 Å². The van der Waals surface area contributed by atoms with Gasteiger partial charge in [-0.2, -0.15) is 0 Å². The van der Waals surface area contributed by atoms with E-state index >= 15 is 0 Å². The molecule has 20 heavy (non-hydrogen) atoms. The molecule has 1 aromatic carbocycles. The van der Waals surface area contributed by atoms with E-state index in [-0.39, 0.29) is 0 Å². The monoisotopic (exact) mass is 273 g/mol. The summed E-state index contributed by atoms with van der Waals surface area (Å²) in [6, 6.07) is 8.72. The lowest BCUT2D eigenvalue weighted by atomic mass is 9.58.